The number of phosphoric ester groups is 1. The van der Waals surface area contributed by atoms with E-state index in [1.165, 1.54) is 180 Å². The first-order valence-corrected chi connectivity index (χ1v) is 27.4. The van der Waals surface area contributed by atoms with Crippen molar-refractivity contribution in [3.63, 3.8) is 0 Å². The van der Waals surface area contributed by atoms with Gasteiger partial charge in [0.15, 0.2) is 6.10 Å². The zero-order chi connectivity index (χ0) is 45.0. The minimum absolute atomic E-state index is 0.0277. The van der Waals surface area contributed by atoms with Crippen molar-refractivity contribution >= 4 is 19.8 Å². The molecule has 2 unspecified atom stereocenters. The molecule has 0 amide bonds. The summed E-state index contributed by atoms with van der Waals surface area (Å²) in [6, 6.07) is 0. The van der Waals surface area contributed by atoms with E-state index in [0.717, 1.165) is 38.5 Å². The van der Waals surface area contributed by atoms with Crippen LogP contribution in [-0.2, 0) is 32.7 Å². The van der Waals surface area contributed by atoms with Gasteiger partial charge in [0.05, 0.1) is 27.7 Å². The number of ether oxygens (including phenoxy) is 2. The Morgan fingerprint density at radius 1 is 0.492 bits per heavy atom. The van der Waals surface area contributed by atoms with Gasteiger partial charge < -0.3 is 27.9 Å². The largest absolute Gasteiger partial charge is 0.756 e. The van der Waals surface area contributed by atoms with Gasteiger partial charge in [0.25, 0.3) is 7.82 Å². The van der Waals surface area contributed by atoms with E-state index in [4.69, 9.17) is 18.5 Å². The maximum absolute atomic E-state index is 12.7. The Hall–Kier alpha value is -1.25. The van der Waals surface area contributed by atoms with Crippen molar-refractivity contribution in [2.45, 2.75) is 258 Å². The SMILES string of the molecule is CCCCCCCC/C=C\CCCCCCCCCCCC(=O)OC(COC(=O)CCCCCCCCCCCCCCCCCCCC)COP(=O)([O-])OCC[N+](C)(C)C. The number of hydrogen-bond acceptors (Lipinski definition) is 8. The number of allylic oxidation sites excluding steroid dienone is 2. The Morgan fingerprint density at radius 2 is 0.836 bits per heavy atom. The van der Waals surface area contributed by atoms with E-state index in [1.807, 2.05) is 21.1 Å². The average Bonchev–Trinajstić information content (AvgIpc) is 3.21. The number of nitrogens with zero attached hydrogens (tertiary/aromatic N) is 1. The first kappa shape index (κ1) is 59.8. The number of carbonyl (C=O) groups is 2. The third-order valence-corrected chi connectivity index (χ3v) is 12.5. The summed E-state index contributed by atoms with van der Waals surface area (Å²) in [6.45, 7) is 4.27. The van der Waals surface area contributed by atoms with E-state index in [9.17, 15) is 19.0 Å². The van der Waals surface area contributed by atoms with Crippen LogP contribution in [0.1, 0.15) is 251 Å². The monoisotopic (exact) mass is 886 g/mol. The van der Waals surface area contributed by atoms with Gasteiger partial charge in [-0.1, -0.05) is 212 Å². The van der Waals surface area contributed by atoms with E-state index in [2.05, 4.69) is 26.0 Å². The van der Waals surface area contributed by atoms with Gasteiger partial charge in [-0.05, 0) is 38.5 Å². The van der Waals surface area contributed by atoms with Crippen LogP contribution in [0.2, 0.25) is 0 Å². The zero-order valence-electron chi connectivity index (χ0n) is 40.9. The molecule has 0 aliphatic heterocycles. The number of unbranched alkanes of at least 4 members (excludes halogenated alkanes) is 32. The fourth-order valence-electron chi connectivity index (χ4n) is 7.48. The van der Waals surface area contributed by atoms with E-state index in [0.29, 0.717) is 17.4 Å². The van der Waals surface area contributed by atoms with Crippen LogP contribution >= 0.6 is 7.82 Å². The lowest BCUT2D eigenvalue weighted by Gasteiger charge is -2.28. The molecular formula is C51H100NO8P. The number of phosphoric acid groups is 1. The lowest BCUT2D eigenvalue weighted by molar-refractivity contribution is -0.870. The van der Waals surface area contributed by atoms with Gasteiger partial charge >= 0.3 is 11.9 Å². The third-order valence-electron chi connectivity index (χ3n) is 11.5. The number of quaternary nitrogens is 1. The van der Waals surface area contributed by atoms with Crippen molar-refractivity contribution in [2.24, 2.45) is 0 Å². The molecule has 2 atom stereocenters. The van der Waals surface area contributed by atoms with Crippen molar-refractivity contribution < 1.29 is 42.1 Å². The van der Waals surface area contributed by atoms with Crippen LogP contribution in [0.25, 0.3) is 0 Å². The molecule has 362 valence electrons. The minimum Gasteiger partial charge on any atom is -0.756 e. The lowest BCUT2D eigenvalue weighted by atomic mass is 10.0. The Morgan fingerprint density at radius 3 is 1.21 bits per heavy atom. The molecule has 0 radical (unpaired) electrons. The second-order valence-corrected chi connectivity index (χ2v) is 20.3. The van der Waals surface area contributed by atoms with Crippen molar-refractivity contribution in [1.29, 1.82) is 0 Å². The number of esters is 2. The number of carbonyl (C=O) groups excluding carboxylic acids is 2. The van der Waals surface area contributed by atoms with Crippen LogP contribution in [0.15, 0.2) is 12.2 Å². The second kappa shape index (κ2) is 44.0. The summed E-state index contributed by atoms with van der Waals surface area (Å²) >= 11 is 0. The summed E-state index contributed by atoms with van der Waals surface area (Å²) in [5, 5.41) is 0. The standard InChI is InChI=1S/C51H100NO8P/c1-6-8-10-12-14-16-18-20-22-24-26-28-30-32-34-36-38-40-42-44-51(54)60-49(48-59-61(55,56)58-46-45-52(3,4)5)47-57-50(53)43-41-39-37-35-33-31-29-27-25-23-21-19-17-15-13-11-9-7-2/h20,22,49H,6-19,21,23-48H2,1-5H3/b22-20-. The maximum Gasteiger partial charge on any atom is 0.306 e. The van der Waals surface area contributed by atoms with Gasteiger partial charge in [-0.15, -0.1) is 0 Å². The van der Waals surface area contributed by atoms with E-state index in [-0.39, 0.29) is 32.0 Å². The van der Waals surface area contributed by atoms with Crippen LogP contribution < -0.4 is 4.89 Å². The first-order valence-electron chi connectivity index (χ1n) is 25.9. The molecule has 0 saturated carbocycles. The lowest BCUT2D eigenvalue weighted by Crippen LogP contribution is -2.37. The predicted molar refractivity (Wildman–Crippen MR) is 255 cm³/mol. The van der Waals surface area contributed by atoms with Gasteiger partial charge in [0.2, 0.25) is 0 Å². The summed E-state index contributed by atoms with van der Waals surface area (Å²) in [5.74, 6) is -0.821. The fraction of sp³-hybridized carbons (Fsp3) is 0.922. The highest BCUT2D eigenvalue weighted by molar-refractivity contribution is 7.45. The van der Waals surface area contributed by atoms with Crippen LogP contribution in [0.3, 0.4) is 0 Å². The quantitative estimate of drug-likeness (QED) is 0.0195. The topological polar surface area (TPSA) is 111 Å². The van der Waals surface area contributed by atoms with Gasteiger partial charge in [-0.2, -0.15) is 0 Å². The van der Waals surface area contributed by atoms with Crippen LogP contribution in [0, 0.1) is 0 Å². The molecule has 0 aromatic rings. The zero-order valence-corrected chi connectivity index (χ0v) is 41.8. The number of likely N-dealkylation sites (N-methyl/N-ethyl adjacent to an activating group) is 1. The molecule has 0 rings (SSSR count). The third kappa shape index (κ3) is 48.1. The smallest absolute Gasteiger partial charge is 0.306 e. The highest BCUT2D eigenvalue weighted by Crippen LogP contribution is 2.38. The molecule has 10 heteroatoms. The highest BCUT2D eigenvalue weighted by Gasteiger charge is 2.21. The van der Waals surface area contributed by atoms with Crippen molar-refractivity contribution in [3.05, 3.63) is 12.2 Å². The Kier molecular flexibility index (Phi) is 43.1. The molecule has 9 nitrogen and oxygen atoms in total. The first-order chi connectivity index (χ1) is 29.5. The van der Waals surface area contributed by atoms with Gasteiger partial charge in [0, 0.05) is 12.8 Å². The molecular weight excluding hydrogens is 786 g/mol. The van der Waals surface area contributed by atoms with E-state index >= 15 is 0 Å². The highest BCUT2D eigenvalue weighted by atomic mass is 31.2. The Balaban J connectivity index is 4.22. The van der Waals surface area contributed by atoms with Crippen LogP contribution in [0.5, 0.6) is 0 Å². The Labute approximate surface area is 377 Å². The molecule has 0 aromatic carbocycles. The summed E-state index contributed by atoms with van der Waals surface area (Å²) < 4.78 is 34.1. The van der Waals surface area contributed by atoms with Crippen LogP contribution in [0.4, 0.5) is 0 Å². The minimum atomic E-state index is -4.62. The summed E-state index contributed by atoms with van der Waals surface area (Å²) in [7, 11) is 1.18. The van der Waals surface area contributed by atoms with Gasteiger partial charge in [-0.25, -0.2) is 0 Å². The van der Waals surface area contributed by atoms with Crippen molar-refractivity contribution in [2.75, 3.05) is 47.5 Å². The number of hydrogen-bond donors (Lipinski definition) is 0. The summed E-state index contributed by atoms with van der Waals surface area (Å²) in [6.07, 6.45) is 48.1. The van der Waals surface area contributed by atoms with E-state index < -0.39 is 26.5 Å². The fourth-order valence-corrected chi connectivity index (χ4v) is 8.20. The van der Waals surface area contributed by atoms with Crippen molar-refractivity contribution in [1.82, 2.24) is 0 Å². The molecule has 0 saturated heterocycles. The van der Waals surface area contributed by atoms with Gasteiger partial charge in [0.1, 0.15) is 19.8 Å². The Bertz CT molecular complexity index is 1050. The summed E-state index contributed by atoms with van der Waals surface area (Å²) in [4.78, 5) is 37.7. The van der Waals surface area contributed by atoms with Gasteiger partial charge in [-0.3, -0.25) is 14.2 Å². The van der Waals surface area contributed by atoms with Crippen molar-refractivity contribution in [3.8, 4) is 0 Å². The van der Waals surface area contributed by atoms with E-state index in [1.54, 1.807) is 0 Å². The summed E-state index contributed by atoms with van der Waals surface area (Å²) in [5.41, 5.74) is 0. The molecule has 0 bridgehead atoms. The maximum atomic E-state index is 12.7. The average molecular weight is 886 g/mol. The molecule has 0 fully saturated rings. The molecule has 0 heterocycles. The predicted octanol–water partition coefficient (Wildman–Crippen LogP) is 14.7. The molecule has 0 spiro atoms. The van der Waals surface area contributed by atoms with Crippen LogP contribution in [-0.4, -0.2) is 70.0 Å². The molecule has 0 aliphatic rings. The normalized spacial score (nSPS) is 13.5. The molecule has 0 aromatic heterocycles. The number of rotatable bonds is 48. The molecule has 0 N–H and O–H groups in total. The molecule has 61 heavy (non-hydrogen) atoms. The molecule has 0 aliphatic carbocycles. The second-order valence-electron chi connectivity index (χ2n) is 18.9.